The highest BCUT2D eigenvalue weighted by Crippen LogP contribution is 2.30. The average molecular weight is 416 g/mol. The fraction of sp³-hybridized carbons (Fsp3) is 0.381. The third-order valence-corrected chi connectivity index (χ3v) is 7.24. The van der Waals surface area contributed by atoms with Crippen molar-refractivity contribution in [1.29, 1.82) is 0 Å². The molecule has 0 saturated carbocycles. The summed E-state index contributed by atoms with van der Waals surface area (Å²) in [5.41, 5.74) is 1.10. The highest BCUT2D eigenvalue weighted by atomic mass is 32.2. The Morgan fingerprint density at radius 2 is 2.14 bits per heavy atom. The van der Waals surface area contributed by atoms with Gasteiger partial charge in [0.1, 0.15) is 11.3 Å². The lowest BCUT2D eigenvalue weighted by Crippen LogP contribution is -2.39. The molecule has 3 heterocycles. The van der Waals surface area contributed by atoms with Gasteiger partial charge in [-0.05, 0) is 56.0 Å². The van der Waals surface area contributed by atoms with E-state index < -0.39 is 10.0 Å². The van der Waals surface area contributed by atoms with E-state index in [0.717, 1.165) is 12.8 Å². The number of furan rings is 2. The molecule has 0 aliphatic carbocycles. The van der Waals surface area contributed by atoms with Gasteiger partial charge in [0.25, 0.3) is 5.91 Å². The molecule has 1 aliphatic rings. The molecule has 1 N–H and O–H groups in total. The average Bonchev–Trinajstić information content (AvgIpc) is 3.34. The minimum Gasteiger partial charge on any atom is -0.467 e. The van der Waals surface area contributed by atoms with Crippen LogP contribution in [-0.2, 0) is 16.6 Å². The maximum Gasteiger partial charge on any atom is 0.287 e. The van der Waals surface area contributed by atoms with Crippen molar-refractivity contribution >= 4 is 26.9 Å². The number of piperidine rings is 1. The number of rotatable bonds is 5. The number of benzene rings is 1. The number of hydrogen-bond acceptors (Lipinski definition) is 5. The van der Waals surface area contributed by atoms with Crippen LogP contribution in [0.1, 0.15) is 41.6 Å². The Kier molecular flexibility index (Phi) is 5.23. The molecule has 1 aromatic carbocycles. The van der Waals surface area contributed by atoms with Crippen LogP contribution < -0.4 is 5.32 Å². The van der Waals surface area contributed by atoms with Gasteiger partial charge in [-0.2, -0.15) is 4.31 Å². The summed E-state index contributed by atoms with van der Waals surface area (Å²) in [7, 11) is -3.58. The van der Waals surface area contributed by atoms with Gasteiger partial charge in [-0.25, -0.2) is 8.42 Å². The summed E-state index contributed by atoms with van der Waals surface area (Å²) in [5.74, 6) is 0.788. The minimum atomic E-state index is -3.58. The highest BCUT2D eigenvalue weighted by Gasteiger charge is 2.29. The summed E-state index contributed by atoms with van der Waals surface area (Å²) in [6, 6.07) is 8.28. The van der Waals surface area contributed by atoms with E-state index in [1.165, 1.54) is 0 Å². The molecule has 154 valence electrons. The molecule has 0 spiro atoms. The quantitative estimate of drug-likeness (QED) is 0.685. The summed E-state index contributed by atoms with van der Waals surface area (Å²) in [5, 5.41) is 3.38. The van der Waals surface area contributed by atoms with E-state index in [9.17, 15) is 13.2 Å². The Labute approximate surface area is 169 Å². The van der Waals surface area contributed by atoms with Crippen LogP contribution in [0.15, 0.2) is 50.3 Å². The molecule has 1 unspecified atom stereocenters. The van der Waals surface area contributed by atoms with E-state index in [0.29, 0.717) is 41.3 Å². The van der Waals surface area contributed by atoms with E-state index in [2.05, 4.69) is 12.2 Å². The van der Waals surface area contributed by atoms with Crippen LogP contribution in [0, 0.1) is 12.8 Å². The molecular formula is C21H24N2O5S. The molecule has 3 aromatic rings. The zero-order valence-corrected chi connectivity index (χ0v) is 17.3. The summed E-state index contributed by atoms with van der Waals surface area (Å²) in [6.07, 6.45) is 3.45. The molecule has 29 heavy (non-hydrogen) atoms. The van der Waals surface area contributed by atoms with Gasteiger partial charge in [-0.3, -0.25) is 4.79 Å². The van der Waals surface area contributed by atoms with Crippen LogP contribution in [-0.4, -0.2) is 31.7 Å². The van der Waals surface area contributed by atoms with Crippen LogP contribution in [0.2, 0.25) is 0 Å². The second kappa shape index (κ2) is 7.68. The van der Waals surface area contributed by atoms with Crippen LogP contribution in [0.5, 0.6) is 0 Å². The standard InChI is InChI=1S/C21H24N2O5S/c1-14-5-3-9-23(13-14)29(25,26)17-7-8-19-18(11-17)15(2)20(28-19)21(24)22-12-16-6-4-10-27-16/h4,6-8,10-11,14H,3,5,9,12-13H2,1-2H3,(H,22,24). The van der Waals surface area contributed by atoms with Crippen molar-refractivity contribution in [2.75, 3.05) is 13.1 Å². The van der Waals surface area contributed by atoms with E-state index >= 15 is 0 Å². The summed E-state index contributed by atoms with van der Waals surface area (Å²) < 4.78 is 38.6. The molecule has 1 atom stereocenters. The Morgan fingerprint density at radius 1 is 1.31 bits per heavy atom. The number of carbonyl (C=O) groups excluding carboxylic acids is 1. The van der Waals surface area contributed by atoms with E-state index in [4.69, 9.17) is 8.83 Å². The van der Waals surface area contributed by atoms with Crippen molar-refractivity contribution in [3.8, 4) is 0 Å². The third-order valence-electron chi connectivity index (χ3n) is 5.37. The van der Waals surface area contributed by atoms with Gasteiger partial charge < -0.3 is 14.2 Å². The fourth-order valence-electron chi connectivity index (χ4n) is 3.75. The third kappa shape index (κ3) is 3.82. The first-order valence-electron chi connectivity index (χ1n) is 9.70. The molecule has 2 aromatic heterocycles. The van der Waals surface area contributed by atoms with Crippen LogP contribution in [0.25, 0.3) is 11.0 Å². The predicted octanol–water partition coefficient (Wildman–Crippen LogP) is 3.68. The Hall–Kier alpha value is -2.58. The second-order valence-electron chi connectivity index (χ2n) is 7.59. The molecule has 8 heteroatoms. The zero-order chi connectivity index (χ0) is 20.6. The number of nitrogens with one attached hydrogen (secondary N) is 1. The van der Waals surface area contributed by atoms with Gasteiger partial charge in [0.05, 0.1) is 17.7 Å². The zero-order valence-electron chi connectivity index (χ0n) is 16.5. The number of amides is 1. The Balaban J connectivity index is 1.61. The first kappa shape index (κ1) is 19.7. The van der Waals surface area contributed by atoms with Crippen molar-refractivity contribution in [2.24, 2.45) is 5.92 Å². The molecule has 1 aliphatic heterocycles. The van der Waals surface area contributed by atoms with Crippen LogP contribution in [0.3, 0.4) is 0 Å². The monoisotopic (exact) mass is 416 g/mol. The van der Waals surface area contributed by atoms with Gasteiger partial charge in [-0.1, -0.05) is 6.92 Å². The Morgan fingerprint density at radius 3 is 2.86 bits per heavy atom. The van der Waals surface area contributed by atoms with Gasteiger partial charge in [0.15, 0.2) is 5.76 Å². The molecule has 7 nitrogen and oxygen atoms in total. The maximum atomic E-state index is 13.1. The summed E-state index contributed by atoms with van der Waals surface area (Å²) >= 11 is 0. The van der Waals surface area contributed by atoms with Crippen molar-refractivity contribution in [2.45, 2.75) is 38.1 Å². The maximum absolute atomic E-state index is 13.1. The number of nitrogens with zero attached hydrogens (tertiary/aromatic N) is 1. The lowest BCUT2D eigenvalue weighted by Gasteiger charge is -2.30. The molecule has 4 rings (SSSR count). The van der Waals surface area contributed by atoms with Crippen molar-refractivity contribution < 1.29 is 22.0 Å². The van der Waals surface area contributed by atoms with Crippen molar-refractivity contribution in [1.82, 2.24) is 9.62 Å². The fourth-order valence-corrected chi connectivity index (χ4v) is 5.38. The highest BCUT2D eigenvalue weighted by molar-refractivity contribution is 7.89. The smallest absolute Gasteiger partial charge is 0.287 e. The van der Waals surface area contributed by atoms with Gasteiger partial charge in [-0.15, -0.1) is 0 Å². The first-order chi connectivity index (χ1) is 13.9. The molecule has 0 radical (unpaired) electrons. The molecule has 0 bridgehead atoms. The van der Waals surface area contributed by atoms with E-state index in [1.807, 2.05) is 0 Å². The first-order valence-corrected chi connectivity index (χ1v) is 11.1. The lowest BCUT2D eigenvalue weighted by molar-refractivity contribution is 0.0921. The van der Waals surface area contributed by atoms with Crippen molar-refractivity contribution in [3.63, 3.8) is 0 Å². The number of carbonyl (C=O) groups is 1. The molecular weight excluding hydrogens is 392 g/mol. The number of sulfonamides is 1. The van der Waals surface area contributed by atoms with Crippen LogP contribution >= 0.6 is 0 Å². The minimum absolute atomic E-state index is 0.174. The number of fused-ring (bicyclic) bond motifs is 1. The molecule has 1 saturated heterocycles. The van der Waals surface area contributed by atoms with Gasteiger partial charge in [0, 0.05) is 24.0 Å². The molecule has 1 fully saturated rings. The van der Waals surface area contributed by atoms with Gasteiger partial charge >= 0.3 is 0 Å². The normalized spacial score (nSPS) is 18.2. The van der Waals surface area contributed by atoms with Crippen LogP contribution in [0.4, 0.5) is 0 Å². The van der Waals surface area contributed by atoms with Crippen molar-refractivity contribution in [3.05, 3.63) is 53.7 Å². The largest absolute Gasteiger partial charge is 0.467 e. The Bertz CT molecular complexity index is 1130. The summed E-state index contributed by atoms with van der Waals surface area (Å²) in [6.45, 7) is 5.14. The number of hydrogen-bond donors (Lipinski definition) is 1. The SMILES string of the molecule is Cc1c(C(=O)NCc2ccco2)oc2ccc(S(=O)(=O)N3CCCC(C)C3)cc12. The lowest BCUT2D eigenvalue weighted by atomic mass is 10.0. The van der Waals surface area contributed by atoms with Gasteiger partial charge in [0.2, 0.25) is 10.0 Å². The second-order valence-corrected chi connectivity index (χ2v) is 9.52. The number of aryl methyl sites for hydroxylation is 1. The molecule has 1 amide bonds. The topological polar surface area (TPSA) is 92.8 Å². The predicted molar refractivity (Wildman–Crippen MR) is 108 cm³/mol. The van der Waals surface area contributed by atoms with E-state index in [1.54, 1.807) is 47.8 Å². The van der Waals surface area contributed by atoms with E-state index in [-0.39, 0.29) is 23.1 Å². The summed E-state index contributed by atoms with van der Waals surface area (Å²) in [4.78, 5) is 12.7.